The summed E-state index contributed by atoms with van der Waals surface area (Å²) in [6.45, 7) is 11.3. The van der Waals surface area contributed by atoms with Gasteiger partial charge in [-0.25, -0.2) is 0 Å². The van der Waals surface area contributed by atoms with Crippen molar-refractivity contribution >= 4 is 40.8 Å². The zero-order chi connectivity index (χ0) is 29.4. The molecule has 2 amide bonds. The van der Waals surface area contributed by atoms with Gasteiger partial charge in [-0.05, 0) is 56.9 Å². The first kappa shape index (κ1) is 32.3. The maximum Gasteiger partial charge on any atom is 0.244 e. The van der Waals surface area contributed by atoms with Gasteiger partial charge in [0.15, 0.2) is 0 Å². The highest BCUT2D eigenvalue weighted by atomic mass is 32.2. The predicted molar refractivity (Wildman–Crippen MR) is 175 cm³/mol. The number of hydrogen-bond acceptors (Lipinski definition) is 5. The van der Waals surface area contributed by atoms with E-state index in [1.165, 1.54) is 37.7 Å². The molecule has 2 heterocycles. The van der Waals surface area contributed by atoms with Gasteiger partial charge in [-0.15, -0.1) is 11.8 Å². The van der Waals surface area contributed by atoms with Crippen LogP contribution in [-0.4, -0.2) is 68.4 Å². The normalized spacial score (nSPS) is 23.0. The Kier molecular flexibility index (Phi) is 12.0. The van der Waals surface area contributed by atoms with Gasteiger partial charge in [-0.2, -0.15) is 0 Å². The highest BCUT2D eigenvalue weighted by Crippen LogP contribution is 2.40. The standard InChI is InChI=1S/C33H52N4O2S2/c1-24(2)21-30(38)37-29(23-41-33(37,3)4)31(39)35-28(16-15-25-11-7-5-8-12-25)32(40)34-27-17-19-36(20-18-27)22-26-13-9-6-10-14-26/h6,9-10,13-14,24-25,27-29H,5,7-8,11-12,15-23H2,1-4H3,(H,34,40)(H,35,39)/t28-,29+/m1/s1. The SMILES string of the molecule is CC(C)CC(=O)N1[C@H](C(=O)N[C@H](CCC2CCCCC2)C(=S)NC2CCN(Cc3ccccc3)CC2)CSC1(C)C. The summed E-state index contributed by atoms with van der Waals surface area (Å²) in [7, 11) is 0. The van der Waals surface area contributed by atoms with Crippen LogP contribution < -0.4 is 10.6 Å². The van der Waals surface area contributed by atoms with Crippen LogP contribution >= 0.6 is 24.0 Å². The first-order valence-electron chi connectivity index (χ1n) is 16.0. The molecule has 1 aliphatic carbocycles. The third-order valence-electron chi connectivity index (χ3n) is 9.04. The van der Waals surface area contributed by atoms with Crippen LogP contribution in [-0.2, 0) is 16.1 Å². The molecule has 2 aliphatic heterocycles. The zero-order valence-electron chi connectivity index (χ0n) is 25.7. The minimum atomic E-state index is -0.456. The Bertz CT molecular complexity index is 1000. The summed E-state index contributed by atoms with van der Waals surface area (Å²) in [6, 6.07) is 10.3. The molecule has 0 bridgehead atoms. The second kappa shape index (κ2) is 15.2. The van der Waals surface area contributed by atoms with E-state index in [0.29, 0.717) is 18.2 Å². The largest absolute Gasteiger partial charge is 0.375 e. The lowest BCUT2D eigenvalue weighted by molar-refractivity contribution is -0.142. The van der Waals surface area contributed by atoms with Crippen LogP contribution in [0.25, 0.3) is 0 Å². The van der Waals surface area contributed by atoms with Gasteiger partial charge in [0.25, 0.3) is 0 Å². The summed E-state index contributed by atoms with van der Waals surface area (Å²) < 4.78 is 0. The van der Waals surface area contributed by atoms with Crippen LogP contribution in [0.5, 0.6) is 0 Å². The van der Waals surface area contributed by atoms with Gasteiger partial charge in [0.05, 0.1) is 15.9 Å². The van der Waals surface area contributed by atoms with Crippen LogP contribution in [0.2, 0.25) is 0 Å². The number of nitrogens with zero attached hydrogens (tertiary/aromatic N) is 2. The van der Waals surface area contributed by atoms with Gasteiger partial charge in [-0.3, -0.25) is 14.5 Å². The summed E-state index contributed by atoms with van der Waals surface area (Å²) in [5.41, 5.74) is 1.36. The number of carbonyl (C=O) groups excluding carboxylic acids is 2. The van der Waals surface area contributed by atoms with Crippen molar-refractivity contribution in [2.75, 3.05) is 18.8 Å². The Balaban J connectivity index is 1.37. The topological polar surface area (TPSA) is 64.7 Å². The molecule has 8 heteroatoms. The van der Waals surface area contributed by atoms with E-state index >= 15 is 0 Å². The molecule has 3 fully saturated rings. The number of rotatable bonds is 11. The Morgan fingerprint density at radius 1 is 1.05 bits per heavy atom. The van der Waals surface area contributed by atoms with Gasteiger partial charge in [0, 0.05) is 37.8 Å². The van der Waals surface area contributed by atoms with Gasteiger partial charge < -0.3 is 15.5 Å². The van der Waals surface area contributed by atoms with Crippen molar-refractivity contribution < 1.29 is 9.59 Å². The van der Waals surface area contributed by atoms with E-state index in [4.69, 9.17) is 12.2 Å². The summed E-state index contributed by atoms with van der Waals surface area (Å²) in [5.74, 6) is 1.61. The van der Waals surface area contributed by atoms with E-state index in [2.05, 4.69) is 73.6 Å². The monoisotopic (exact) mass is 600 g/mol. The van der Waals surface area contributed by atoms with E-state index in [1.807, 2.05) is 4.90 Å². The van der Waals surface area contributed by atoms with Crippen LogP contribution in [0.15, 0.2) is 30.3 Å². The van der Waals surface area contributed by atoms with Crippen molar-refractivity contribution in [1.82, 2.24) is 20.4 Å². The Labute approximate surface area is 258 Å². The number of hydrogen-bond donors (Lipinski definition) is 2. The van der Waals surface area contributed by atoms with E-state index in [-0.39, 0.29) is 23.8 Å². The third kappa shape index (κ3) is 9.42. The van der Waals surface area contributed by atoms with Crippen molar-refractivity contribution in [2.24, 2.45) is 11.8 Å². The lowest BCUT2D eigenvalue weighted by Gasteiger charge is -2.36. The number of piperidine rings is 1. The average molecular weight is 601 g/mol. The van der Waals surface area contributed by atoms with Crippen LogP contribution in [0.1, 0.15) is 97.5 Å². The second-order valence-corrected chi connectivity index (χ2v) is 15.4. The fraction of sp³-hybridized carbons (Fsp3) is 0.727. The molecule has 3 aliphatic rings. The zero-order valence-corrected chi connectivity index (χ0v) is 27.3. The molecule has 1 saturated carbocycles. The summed E-state index contributed by atoms with van der Waals surface area (Å²) in [6.07, 6.45) is 11.0. The van der Waals surface area contributed by atoms with Gasteiger partial charge in [0.1, 0.15) is 6.04 Å². The molecule has 1 aromatic rings. The molecule has 6 nitrogen and oxygen atoms in total. The number of amides is 2. The number of carbonyl (C=O) groups is 2. The molecule has 4 rings (SSSR count). The predicted octanol–water partition coefficient (Wildman–Crippen LogP) is 6.14. The third-order valence-corrected chi connectivity index (χ3v) is 10.8. The molecule has 41 heavy (non-hydrogen) atoms. The van der Waals surface area contributed by atoms with E-state index in [1.54, 1.807) is 11.8 Å². The van der Waals surface area contributed by atoms with E-state index in [9.17, 15) is 9.59 Å². The molecular formula is C33H52N4O2S2. The summed E-state index contributed by atoms with van der Waals surface area (Å²) >= 11 is 7.70. The molecule has 0 unspecified atom stereocenters. The first-order chi connectivity index (χ1) is 19.6. The number of nitrogens with one attached hydrogen (secondary N) is 2. The smallest absolute Gasteiger partial charge is 0.244 e. The van der Waals surface area contributed by atoms with Crippen LogP contribution in [0.3, 0.4) is 0 Å². The summed E-state index contributed by atoms with van der Waals surface area (Å²) in [4.78, 5) is 31.8. The molecule has 0 radical (unpaired) electrons. The molecule has 0 spiro atoms. The van der Waals surface area contributed by atoms with Crippen molar-refractivity contribution in [3.05, 3.63) is 35.9 Å². The van der Waals surface area contributed by atoms with Gasteiger partial charge in [-0.1, -0.05) is 88.5 Å². The highest BCUT2D eigenvalue weighted by Gasteiger charge is 2.46. The molecule has 228 valence electrons. The lowest BCUT2D eigenvalue weighted by Crippen LogP contribution is -2.57. The fourth-order valence-corrected chi connectivity index (χ4v) is 8.29. The van der Waals surface area contributed by atoms with E-state index < -0.39 is 10.9 Å². The van der Waals surface area contributed by atoms with E-state index in [0.717, 1.165) is 56.2 Å². The number of thiocarbonyl (C=S) groups is 1. The Morgan fingerprint density at radius 3 is 2.39 bits per heavy atom. The minimum absolute atomic E-state index is 0.0596. The molecule has 2 atom stereocenters. The van der Waals surface area contributed by atoms with Crippen LogP contribution in [0, 0.1) is 11.8 Å². The quantitative estimate of drug-likeness (QED) is 0.298. The van der Waals surface area contributed by atoms with Gasteiger partial charge in [0.2, 0.25) is 11.8 Å². The molecule has 0 aromatic heterocycles. The van der Waals surface area contributed by atoms with Crippen molar-refractivity contribution in [3.63, 3.8) is 0 Å². The summed E-state index contributed by atoms with van der Waals surface area (Å²) in [5, 5.41) is 7.01. The van der Waals surface area contributed by atoms with Crippen molar-refractivity contribution in [2.45, 2.75) is 121 Å². The maximum atomic E-state index is 13.8. The maximum absolute atomic E-state index is 13.8. The Morgan fingerprint density at radius 2 is 1.73 bits per heavy atom. The molecule has 2 saturated heterocycles. The van der Waals surface area contributed by atoms with Crippen LogP contribution in [0.4, 0.5) is 0 Å². The molecule has 1 aromatic carbocycles. The number of thioether (sulfide) groups is 1. The van der Waals surface area contributed by atoms with Crippen molar-refractivity contribution in [3.8, 4) is 0 Å². The lowest BCUT2D eigenvalue weighted by atomic mass is 9.85. The van der Waals surface area contributed by atoms with Gasteiger partial charge >= 0.3 is 0 Å². The first-order valence-corrected chi connectivity index (χ1v) is 17.3. The molecule has 2 N–H and O–H groups in total. The minimum Gasteiger partial charge on any atom is -0.375 e. The second-order valence-electron chi connectivity index (χ2n) is 13.3. The molecular weight excluding hydrogens is 549 g/mol. The Hall–Kier alpha value is -1.64. The number of benzene rings is 1. The fourth-order valence-electron chi connectivity index (χ4n) is 6.71. The highest BCUT2D eigenvalue weighted by molar-refractivity contribution is 8.00. The van der Waals surface area contributed by atoms with Crippen molar-refractivity contribution in [1.29, 1.82) is 0 Å². The number of likely N-dealkylation sites (tertiary alicyclic amines) is 1. The average Bonchev–Trinajstić information content (AvgIpc) is 3.27.